The standard InChI is InChI=1S/C24H25ClN2O3S/c1-16-9-12-20(13-10-16)31(29,30)27(23-14-17(2)8-11-18(23)3)15-24(28)26-22-7-5-6-21(25)19(22)4/h5-14H,15H2,1-4H3,(H,26,28). The second-order valence-electron chi connectivity index (χ2n) is 7.58. The minimum absolute atomic E-state index is 0.130. The van der Waals surface area contributed by atoms with Gasteiger partial charge in [0.25, 0.3) is 10.0 Å². The van der Waals surface area contributed by atoms with Gasteiger partial charge in [0, 0.05) is 10.7 Å². The first-order valence-corrected chi connectivity index (χ1v) is 11.6. The van der Waals surface area contributed by atoms with Crippen LogP contribution in [0.15, 0.2) is 65.6 Å². The maximum atomic E-state index is 13.5. The van der Waals surface area contributed by atoms with Crippen LogP contribution in [0.1, 0.15) is 22.3 Å². The zero-order valence-electron chi connectivity index (χ0n) is 17.9. The molecule has 0 fully saturated rings. The van der Waals surface area contributed by atoms with Gasteiger partial charge in [-0.15, -0.1) is 0 Å². The molecule has 7 heteroatoms. The van der Waals surface area contributed by atoms with E-state index in [0.717, 1.165) is 26.6 Å². The summed E-state index contributed by atoms with van der Waals surface area (Å²) in [5, 5.41) is 3.31. The molecule has 0 saturated carbocycles. The number of benzene rings is 3. The van der Waals surface area contributed by atoms with Gasteiger partial charge < -0.3 is 5.32 Å². The highest BCUT2D eigenvalue weighted by atomic mass is 35.5. The fraction of sp³-hybridized carbons (Fsp3) is 0.208. The van der Waals surface area contributed by atoms with Crippen molar-refractivity contribution >= 4 is 38.9 Å². The molecular formula is C24H25ClN2O3S. The van der Waals surface area contributed by atoms with Gasteiger partial charge in [-0.25, -0.2) is 8.42 Å². The molecule has 0 aliphatic rings. The molecule has 0 aliphatic heterocycles. The molecule has 0 atom stereocenters. The lowest BCUT2D eigenvalue weighted by Gasteiger charge is -2.26. The number of anilines is 2. The summed E-state index contributed by atoms with van der Waals surface area (Å²) in [6, 6.07) is 17.3. The molecule has 0 radical (unpaired) electrons. The lowest BCUT2D eigenvalue weighted by molar-refractivity contribution is -0.114. The van der Waals surface area contributed by atoms with Gasteiger partial charge in [-0.05, 0) is 74.7 Å². The monoisotopic (exact) mass is 456 g/mol. The summed E-state index contributed by atoms with van der Waals surface area (Å²) in [5.41, 5.74) is 4.34. The van der Waals surface area contributed by atoms with Crippen LogP contribution >= 0.6 is 11.6 Å². The second kappa shape index (κ2) is 9.12. The number of carbonyl (C=O) groups excluding carboxylic acids is 1. The lowest BCUT2D eigenvalue weighted by Crippen LogP contribution is -2.38. The van der Waals surface area contributed by atoms with Crippen LogP contribution in [0.2, 0.25) is 5.02 Å². The number of carbonyl (C=O) groups is 1. The number of hydrogen-bond acceptors (Lipinski definition) is 3. The van der Waals surface area contributed by atoms with E-state index < -0.39 is 15.9 Å². The van der Waals surface area contributed by atoms with Gasteiger partial charge in [0.15, 0.2) is 0 Å². The Labute approximate surface area is 188 Å². The molecule has 3 rings (SSSR count). The van der Waals surface area contributed by atoms with Gasteiger partial charge in [0.2, 0.25) is 5.91 Å². The van der Waals surface area contributed by atoms with Gasteiger partial charge in [0.05, 0.1) is 10.6 Å². The van der Waals surface area contributed by atoms with Crippen LogP contribution in [0.4, 0.5) is 11.4 Å². The van der Waals surface area contributed by atoms with Gasteiger partial charge in [-0.2, -0.15) is 0 Å². The van der Waals surface area contributed by atoms with Crippen molar-refractivity contribution in [2.45, 2.75) is 32.6 Å². The average molecular weight is 457 g/mol. The zero-order chi connectivity index (χ0) is 22.8. The topological polar surface area (TPSA) is 66.5 Å². The number of rotatable bonds is 6. The minimum atomic E-state index is -3.97. The van der Waals surface area contributed by atoms with E-state index in [1.54, 1.807) is 55.5 Å². The van der Waals surface area contributed by atoms with Crippen molar-refractivity contribution in [2.75, 3.05) is 16.2 Å². The summed E-state index contributed by atoms with van der Waals surface area (Å²) in [6.45, 7) is 7.02. The number of hydrogen-bond donors (Lipinski definition) is 1. The maximum absolute atomic E-state index is 13.5. The number of halogens is 1. The third-order valence-electron chi connectivity index (χ3n) is 5.07. The number of aryl methyl sites for hydroxylation is 3. The smallest absolute Gasteiger partial charge is 0.264 e. The van der Waals surface area contributed by atoms with Gasteiger partial charge in [0.1, 0.15) is 6.54 Å². The molecule has 0 unspecified atom stereocenters. The molecule has 3 aromatic carbocycles. The Hall–Kier alpha value is -2.83. The van der Waals surface area contributed by atoms with Crippen LogP contribution in [0.5, 0.6) is 0 Å². The van der Waals surface area contributed by atoms with E-state index >= 15 is 0 Å². The molecule has 5 nitrogen and oxygen atoms in total. The third kappa shape index (κ3) is 5.09. The summed E-state index contributed by atoms with van der Waals surface area (Å²) >= 11 is 6.14. The molecule has 31 heavy (non-hydrogen) atoms. The summed E-state index contributed by atoms with van der Waals surface area (Å²) < 4.78 is 28.2. The number of amides is 1. The van der Waals surface area contributed by atoms with Crippen molar-refractivity contribution < 1.29 is 13.2 Å². The molecule has 0 aromatic heterocycles. The third-order valence-corrected chi connectivity index (χ3v) is 7.25. The number of nitrogens with zero attached hydrogens (tertiary/aromatic N) is 1. The number of nitrogens with one attached hydrogen (secondary N) is 1. The van der Waals surface area contributed by atoms with Crippen LogP contribution in [-0.2, 0) is 14.8 Å². The first kappa shape index (κ1) is 22.8. The summed E-state index contributed by atoms with van der Waals surface area (Å²) in [6.07, 6.45) is 0. The van der Waals surface area contributed by atoms with Crippen molar-refractivity contribution in [2.24, 2.45) is 0 Å². The van der Waals surface area contributed by atoms with E-state index in [4.69, 9.17) is 11.6 Å². The molecule has 0 aliphatic carbocycles. The van der Waals surface area contributed by atoms with Gasteiger partial charge in [-0.1, -0.05) is 47.5 Å². The van der Waals surface area contributed by atoms with E-state index in [1.807, 2.05) is 32.9 Å². The van der Waals surface area contributed by atoms with E-state index in [9.17, 15) is 13.2 Å². The predicted octanol–water partition coefficient (Wildman–Crippen LogP) is 5.41. The predicted molar refractivity (Wildman–Crippen MR) is 126 cm³/mol. The first-order chi connectivity index (χ1) is 14.6. The van der Waals surface area contributed by atoms with E-state index in [-0.39, 0.29) is 11.4 Å². The first-order valence-electron chi connectivity index (χ1n) is 9.81. The van der Waals surface area contributed by atoms with Crippen LogP contribution in [0, 0.1) is 27.7 Å². The highest BCUT2D eigenvalue weighted by Crippen LogP contribution is 2.29. The fourth-order valence-corrected chi connectivity index (χ4v) is 4.84. The lowest BCUT2D eigenvalue weighted by atomic mass is 10.1. The molecule has 1 N–H and O–H groups in total. The van der Waals surface area contributed by atoms with Gasteiger partial charge in [-0.3, -0.25) is 9.10 Å². The van der Waals surface area contributed by atoms with Crippen LogP contribution in [-0.4, -0.2) is 20.9 Å². The normalized spacial score (nSPS) is 11.3. The fourth-order valence-electron chi connectivity index (χ4n) is 3.19. The summed E-state index contributed by atoms with van der Waals surface area (Å²) in [5.74, 6) is -0.457. The largest absolute Gasteiger partial charge is 0.324 e. The van der Waals surface area contributed by atoms with Crippen LogP contribution < -0.4 is 9.62 Å². The SMILES string of the molecule is Cc1ccc(S(=O)(=O)N(CC(=O)Nc2cccc(Cl)c2C)c2cc(C)ccc2C)cc1. The quantitative estimate of drug-likeness (QED) is 0.539. The molecule has 3 aromatic rings. The zero-order valence-corrected chi connectivity index (χ0v) is 19.5. The van der Waals surface area contributed by atoms with Crippen LogP contribution in [0.25, 0.3) is 0 Å². The van der Waals surface area contributed by atoms with Crippen molar-refractivity contribution in [3.8, 4) is 0 Å². The average Bonchev–Trinajstić information content (AvgIpc) is 2.72. The molecule has 0 heterocycles. The Bertz CT molecular complexity index is 1220. The van der Waals surface area contributed by atoms with Crippen molar-refractivity contribution in [3.05, 3.63) is 87.9 Å². The molecule has 162 valence electrons. The molecular weight excluding hydrogens is 432 g/mol. The van der Waals surface area contributed by atoms with Crippen molar-refractivity contribution in [1.82, 2.24) is 0 Å². The van der Waals surface area contributed by atoms with Gasteiger partial charge >= 0.3 is 0 Å². The summed E-state index contributed by atoms with van der Waals surface area (Å²) in [7, 11) is -3.97. The Kier molecular flexibility index (Phi) is 6.72. The second-order valence-corrected chi connectivity index (χ2v) is 9.84. The van der Waals surface area contributed by atoms with E-state index in [1.165, 1.54) is 0 Å². The molecule has 1 amide bonds. The molecule has 0 bridgehead atoms. The Balaban J connectivity index is 2.02. The summed E-state index contributed by atoms with van der Waals surface area (Å²) in [4.78, 5) is 13.1. The Morgan fingerprint density at radius 3 is 2.26 bits per heavy atom. The van der Waals surface area contributed by atoms with E-state index in [0.29, 0.717) is 16.4 Å². The number of sulfonamides is 1. The highest BCUT2D eigenvalue weighted by molar-refractivity contribution is 7.92. The maximum Gasteiger partial charge on any atom is 0.264 e. The minimum Gasteiger partial charge on any atom is -0.324 e. The Morgan fingerprint density at radius 1 is 0.935 bits per heavy atom. The molecule has 0 spiro atoms. The Morgan fingerprint density at radius 2 is 1.58 bits per heavy atom. The van der Waals surface area contributed by atoms with Crippen molar-refractivity contribution in [3.63, 3.8) is 0 Å². The van der Waals surface area contributed by atoms with Crippen molar-refractivity contribution in [1.29, 1.82) is 0 Å². The van der Waals surface area contributed by atoms with Crippen LogP contribution in [0.3, 0.4) is 0 Å². The van der Waals surface area contributed by atoms with E-state index in [2.05, 4.69) is 5.32 Å². The molecule has 0 saturated heterocycles. The highest BCUT2D eigenvalue weighted by Gasteiger charge is 2.28.